The fourth-order valence-electron chi connectivity index (χ4n) is 3.58. The van der Waals surface area contributed by atoms with Crippen molar-refractivity contribution in [2.45, 2.75) is 25.8 Å². The molecule has 1 aromatic heterocycles. The lowest BCUT2D eigenvalue weighted by Gasteiger charge is -2.35. The molecule has 1 atom stereocenters. The fourth-order valence-corrected chi connectivity index (χ4v) is 3.58. The number of para-hydroxylation sites is 1. The summed E-state index contributed by atoms with van der Waals surface area (Å²) >= 11 is 0. The summed E-state index contributed by atoms with van der Waals surface area (Å²) in [5.41, 5.74) is 2.14. The second-order valence-corrected chi connectivity index (χ2v) is 6.69. The third-order valence-corrected chi connectivity index (χ3v) is 4.94. The lowest BCUT2D eigenvalue weighted by Crippen LogP contribution is -2.42. The molecule has 1 amide bonds. The molecule has 0 radical (unpaired) electrons. The second-order valence-electron chi connectivity index (χ2n) is 6.69. The molecule has 0 unspecified atom stereocenters. The molecule has 0 saturated heterocycles. The van der Waals surface area contributed by atoms with Crippen LogP contribution >= 0.6 is 0 Å². The summed E-state index contributed by atoms with van der Waals surface area (Å²) < 4.78 is 26.3. The summed E-state index contributed by atoms with van der Waals surface area (Å²) in [5.74, 6) is 0.651. The molecule has 3 aromatic rings. The van der Waals surface area contributed by atoms with Gasteiger partial charge in [0.25, 0.3) is 0 Å². The van der Waals surface area contributed by atoms with Crippen molar-refractivity contribution < 1.29 is 18.7 Å². The van der Waals surface area contributed by atoms with E-state index in [1.807, 2.05) is 37.3 Å². The van der Waals surface area contributed by atoms with E-state index in [0.717, 1.165) is 0 Å². The quantitative estimate of drug-likeness (QED) is 0.700. The van der Waals surface area contributed by atoms with Gasteiger partial charge in [-0.1, -0.05) is 18.2 Å². The van der Waals surface area contributed by atoms with Crippen LogP contribution in [-0.4, -0.2) is 29.4 Å². The second kappa shape index (κ2) is 7.34. The summed E-state index contributed by atoms with van der Waals surface area (Å²) in [7, 11) is 1.29. The van der Waals surface area contributed by atoms with Crippen LogP contribution in [0.25, 0.3) is 11.1 Å². The maximum atomic E-state index is 15.2. The Balaban J connectivity index is 1.93. The Morgan fingerprint density at radius 2 is 2.11 bits per heavy atom. The monoisotopic (exact) mass is 381 g/mol. The van der Waals surface area contributed by atoms with Gasteiger partial charge in [-0.15, -0.1) is 0 Å². The van der Waals surface area contributed by atoms with Gasteiger partial charge >= 0.3 is 6.09 Å². The van der Waals surface area contributed by atoms with E-state index < -0.39 is 11.9 Å². The maximum Gasteiger partial charge on any atom is 0.414 e. The van der Waals surface area contributed by atoms with E-state index in [9.17, 15) is 4.79 Å². The van der Waals surface area contributed by atoms with E-state index in [0.29, 0.717) is 41.0 Å². The molecular formula is C21H20FN3O3. The van der Waals surface area contributed by atoms with E-state index >= 15 is 4.39 Å². The SMILES string of the molecule is COC(=O)N1c2c(F)cc(-c3cn[nH]c3)c(Oc3ccccc3)c2CC[C@@H]1C. The topological polar surface area (TPSA) is 67.5 Å². The highest BCUT2D eigenvalue weighted by Gasteiger charge is 2.35. The van der Waals surface area contributed by atoms with Gasteiger partial charge in [0.15, 0.2) is 0 Å². The van der Waals surface area contributed by atoms with Crippen LogP contribution in [0.3, 0.4) is 0 Å². The summed E-state index contributed by atoms with van der Waals surface area (Å²) in [6.07, 6.45) is 3.95. The zero-order chi connectivity index (χ0) is 19.7. The number of carbonyl (C=O) groups is 1. The number of nitrogens with zero attached hydrogens (tertiary/aromatic N) is 2. The minimum absolute atomic E-state index is 0.182. The van der Waals surface area contributed by atoms with Crippen molar-refractivity contribution in [1.29, 1.82) is 0 Å². The lowest BCUT2D eigenvalue weighted by atomic mass is 9.92. The van der Waals surface area contributed by atoms with Gasteiger partial charge in [0.1, 0.15) is 17.3 Å². The average molecular weight is 381 g/mol. The highest BCUT2D eigenvalue weighted by molar-refractivity contribution is 5.92. The van der Waals surface area contributed by atoms with E-state index in [-0.39, 0.29) is 11.7 Å². The normalized spacial score (nSPS) is 15.8. The van der Waals surface area contributed by atoms with Crippen LogP contribution in [0.2, 0.25) is 0 Å². The number of nitrogens with one attached hydrogen (secondary N) is 1. The molecule has 0 spiro atoms. The van der Waals surface area contributed by atoms with Gasteiger partial charge in [0.05, 0.1) is 19.0 Å². The Bertz CT molecular complexity index is 990. The van der Waals surface area contributed by atoms with Gasteiger partial charge < -0.3 is 9.47 Å². The third-order valence-electron chi connectivity index (χ3n) is 4.94. The Morgan fingerprint density at radius 3 is 2.79 bits per heavy atom. The molecule has 1 N–H and O–H groups in total. The number of aromatic nitrogens is 2. The molecule has 28 heavy (non-hydrogen) atoms. The van der Waals surface area contributed by atoms with E-state index in [1.54, 1.807) is 12.4 Å². The molecule has 0 bridgehead atoms. The number of benzene rings is 2. The van der Waals surface area contributed by atoms with Crippen LogP contribution in [-0.2, 0) is 11.2 Å². The van der Waals surface area contributed by atoms with Gasteiger partial charge in [-0.05, 0) is 38.0 Å². The number of fused-ring (bicyclic) bond motifs is 1. The highest BCUT2D eigenvalue weighted by atomic mass is 19.1. The molecule has 0 saturated carbocycles. The number of anilines is 1. The molecule has 0 fully saturated rings. The van der Waals surface area contributed by atoms with E-state index in [1.165, 1.54) is 18.1 Å². The predicted molar refractivity (Wildman–Crippen MR) is 103 cm³/mol. The highest BCUT2D eigenvalue weighted by Crippen LogP contribution is 2.46. The number of halogens is 1. The standard InChI is InChI=1S/C21H20FN3O3/c1-13-8-9-16-19(25(13)21(26)27-2)18(22)10-17(14-11-23-24-12-14)20(16)28-15-6-4-3-5-7-15/h3-7,10-13H,8-9H2,1-2H3,(H,23,24)/t13-/m0/s1. The zero-order valence-electron chi connectivity index (χ0n) is 15.6. The van der Waals surface area contributed by atoms with Crippen molar-refractivity contribution in [2.75, 3.05) is 12.0 Å². The van der Waals surface area contributed by atoms with Gasteiger partial charge in [-0.3, -0.25) is 10.00 Å². The minimum Gasteiger partial charge on any atom is -0.456 e. The Hall–Kier alpha value is -3.35. The number of carbonyl (C=O) groups excluding carboxylic acids is 1. The molecule has 0 aliphatic carbocycles. The summed E-state index contributed by atoms with van der Waals surface area (Å²) in [5, 5.41) is 6.72. The number of rotatable bonds is 3. The molecule has 1 aliphatic rings. The summed E-state index contributed by atoms with van der Waals surface area (Å²) in [6.45, 7) is 1.88. The molecular weight excluding hydrogens is 361 g/mol. The first-order chi connectivity index (χ1) is 13.6. The fraction of sp³-hybridized carbons (Fsp3) is 0.238. The number of amides is 1. The smallest absolute Gasteiger partial charge is 0.414 e. The maximum absolute atomic E-state index is 15.2. The van der Waals surface area contributed by atoms with Crippen molar-refractivity contribution in [3.63, 3.8) is 0 Å². The zero-order valence-corrected chi connectivity index (χ0v) is 15.6. The number of hydrogen-bond donors (Lipinski definition) is 1. The number of ether oxygens (including phenoxy) is 2. The molecule has 144 valence electrons. The van der Waals surface area contributed by atoms with Crippen molar-refractivity contribution in [3.8, 4) is 22.6 Å². The summed E-state index contributed by atoms with van der Waals surface area (Å²) in [6, 6.07) is 10.5. The van der Waals surface area contributed by atoms with Gasteiger partial charge in [0, 0.05) is 28.9 Å². The number of H-pyrrole nitrogens is 1. The lowest BCUT2D eigenvalue weighted by molar-refractivity contribution is 0.175. The Kier molecular flexibility index (Phi) is 4.73. The molecule has 2 heterocycles. The Morgan fingerprint density at radius 1 is 1.32 bits per heavy atom. The average Bonchev–Trinajstić information content (AvgIpc) is 3.24. The number of hydrogen-bond acceptors (Lipinski definition) is 4. The molecule has 6 nitrogen and oxygen atoms in total. The molecule has 4 rings (SSSR count). The van der Waals surface area contributed by atoms with Crippen LogP contribution < -0.4 is 9.64 Å². The first-order valence-electron chi connectivity index (χ1n) is 9.04. The van der Waals surface area contributed by atoms with Crippen LogP contribution in [0.1, 0.15) is 18.9 Å². The Labute approximate surface area is 161 Å². The predicted octanol–water partition coefficient (Wildman–Crippen LogP) is 4.92. The van der Waals surface area contributed by atoms with E-state index in [4.69, 9.17) is 9.47 Å². The first kappa shape index (κ1) is 18.0. The number of aromatic amines is 1. The van der Waals surface area contributed by atoms with E-state index in [2.05, 4.69) is 10.2 Å². The summed E-state index contributed by atoms with van der Waals surface area (Å²) in [4.78, 5) is 13.7. The molecule has 2 aromatic carbocycles. The molecule has 1 aliphatic heterocycles. The van der Waals surface area contributed by atoms with Crippen LogP contribution in [0.15, 0.2) is 48.8 Å². The van der Waals surface area contributed by atoms with Crippen molar-refractivity contribution in [1.82, 2.24) is 10.2 Å². The first-order valence-corrected chi connectivity index (χ1v) is 9.04. The van der Waals surface area contributed by atoms with Gasteiger partial charge in [-0.25, -0.2) is 9.18 Å². The van der Waals surface area contributed by atoms with Crippen molar-refractivity contribution in [3.05, 3.63) is 60.2 Å². The molecule has 7 heteroatoms. The number of methoxy groups -OCH3 is 1. The van der Waals surface area contributed by atoms with Gasteiger partial charge in [-0.2, -0.15) is 5.10 Å². The van der Waals surface area contributed by atoms with Crippen LogP contribution in [0.4, 0.5) is 14.9 Å². The van der Waals surface area contributed by atoms with Crippen molar-refractivity contribution >= 4 is 11.8 Å². The third kappa shape index (κ3) is 3.09. The van der Waals surface area contributed by atoms with Crippen molar-refractivity contribution in [2.24, 2.45) is 0 Å². The minimum atomic E-state index is -0.589. The largest absolute Gasteiger partial charge is 0.456 e. The van der Waals surface area contributed by atoms with Crippen LogP contribution in [0, 0.1) is 5.82 Å². The van der Waals surface area contributed by atoms with Gasteiger partial charge in [0.2, 0.25) is 0 Å². The van der Waals surface area contributed by atoms with Crippen LogP contribution in [0.5, 0.6) is 11.5 Å².